The standard InChI is InChI=1S/C19H25N3O3/c23-16-5-1-4-15(11-16)22-12-14(10-17(22)24)18(25)20-13-19-6-2-8-21(19)9-3-7-19/h1,4-5,11,14,23H,2-3,6-10,12-13H2,(H,20,25). The second-order valence-electron chi connectivity index (χ2n) is 7.56. The summed E-state index contributed by atoms with van der Waals surface area (Å²) in [4.78, 5) is 29.0. The maximum absolute atomic E-state index is 12.6. The van der Waals surface area contributed by atoms with Crippen molar-refractivity contribution in [1.29, 1.82) is 0 Å². The second kappa shape index (κ2) is 6.33. The number of phenolic OH excluding ortho intramolecular Hbond substituents is 1. The van der Waals surface area contributed by atoms with Crippen molar-refractivity contribution >= 4 is 17.5 Å². The number of carbonyl (C=O) groups excluding carboxylic acids is 2. The molecule has 2 N–H and O–H groups in total. The molecule has 3 aliphatic rings. The zero-order valence-corrected chi connectivity index (χ0v) is 14.4. The monoisotopic (exact) mass is 343 g/mol. The highest BCUT2D eigenvalue weighted by Crippen LogP contribution is 2.38. The van der Waals surface area contributed by atoms with Crippen molar-refractivity contribution in [3.63, 3.8) is 0 Å². The largest absolute Gasteiger partial charge is 0.508 e. The number of phenols is 1. The van der Waals surface area contributed by atoms with Gasteiger partial charge in [0.1, 0.15) is 5.75 Å². The average molecular weight is 343 g/mol. The number of aromatic hydroxyl groups is 1. The quantitative estimate of drug-likeness (QED) is 0.869. The van der Waals surface area contributed by atoms with Crippen molar-refractivity contribution in [1.82, 2.24) is 10.2 Å². The van der Waals surface area contributed by atoms with Crippen LogP contribution in [0.3, 0.4) is 0 Å². The number of nitrogens with zero attached hydrogens (tertiary/aromatic N) is 2. The predicted octanol–water partition coefficient (Wildman–Crippen LogP) is 1.49. The molecule has 1 atom stereocenters. The third-order valence-electron chi connectivity index (χ3n) is 6.04. The van der Waals surface area contributed by atoms with Gasteiger partial charge in [-0.25, -0.2) is 0 Å². The number of hydrogen-bond acceptors (Lipinski definition) is 4. The van der Waals surface area contributed by atoms with E-state index >= 15 is 0 Å². The first-order valence-electron chi connectivity index (χ1n) is 9.20. The van der Waals surface area contributed by atoms with E-state index in [1.807, 2.05) is 0 Å². The fourth-order valence-electron chi connectivity index (χ4n) is 4.70. The lowest BCUT2D eigenvalue weighted by atomic mass is 9.93. The molecule has 0 bridgehead atoms. The minimum Gasteiger partial charge on any atom is -0.508 e. The smallest absolute Gasteiger partial charge is 0.227 e. The molecular weight excluding hydrogens is 318 g/mol. The molecule has 0 aromatic heterocycles. The summed E-state index contributed by atoms with van der Waals surface area (Å²) in [6.45, 7) is 3.36. The lowest BCUT2D eigenvalue weighted by Crippen LogP contribution is -2.49. The fraction of sp³-hybridized carbons (Fsp3) is 0.579. The van der Waals surface area contributed by atoms with Crippen LogP contribution in [-0.4, -0.2) is 53.5 Å². The Bertz CT molecular complexity index is 680. The van der Waals surface area contributed by atoms with Crippen LogP contribution in [-0.2, 0) is 9.59 Å². The molecule has 134 valence electrons. The molecule has 0 spiro atoms. The van der Waals surface area contributed by atoms with Crippen LogP contribution in [0.5, 0.6) is 5.75 Å². The maximum atomic E-state index is 12.6. The van der Waals surface area contributed by atoms with Gasteiger partial charge in [-0.2, -0.15) is 0 Å². The maximum Gasteiger partial charge on any atom is 0.227 e. The predicted molar refractivity (Wildman–Crippen MR) is 94.3 cm³/mol. The highest BCUT2D eigenvalue weighted by molar-refractivity contribution is 6.00. The molecule has 3 saturated heterocycles. The van der Waals surface area contributed by atoms with Crippen LogP contribution in [0.4, 0.5) is 5.69 Å². The highest BCUT2D eigenvalue weighted by atomic mass is 16.3. The molecule has 6 heteroatoms. The van der Waals surface area contributed by atoms with Crippen LogP contribution in [0, 0.1) is 5.92 Å². The summed E-state index contributed by atoms with van der Waals surface area (Å²) in [5, 5.41) is 12.7. The number of nitrogens with one attached hydrogen (secondary N) is 1. The minimum atomic E-state index is -0.317. The van der Waals surface area contributed by atoms with Gasteiger partial charge in [0.05, 0.1) is 5.92 Å². The number of hydrogen-bond donors (Lipinski definition) is 2. The van der Waals surface area contributed by atoms with Crippen molar-refractivity contribution in [3.8, 4) is 5.75 Å². The van der Waals surface area contributed by atoms with Crippen molar-refractivity contribution in [2.75, 3.05) is 31.1 Å². The van der Waals surface area contributed by atoms with E-state index in [4.69, 9.17) is 0 Å². The molecule has 3 fully saturated rings. The van der Waals surface area contributed by atoms with Gasteiger partial charge in [0.25, 0.3) is 0 Å². The topological polar surface area (TPSA) is 72.9 Å². The second-order valence-corrected chi connectivity index (χ2v) is 7.56. The Balaban J connectivity index is 1.38. The van der Waals surface area contributed by atoms with Gasteiger partial charge in [0.2, 0.25) is 11.8 Å². The molecule has 1 aromatic carbocycles. The number of amides is 2. The van der Waals surface area contributed by atoms with Crippen LogP contribution in [0.25, 0.3) is 0 Å². The van der Waals surface area contributed by atoms with E-state index in [0.29, 0.717) is 18.8 Å². The number of carbonyl (C=O) groups is 2. The minimum absolute atomic E-state index is 0.0240. The van der Waals surface area contributed by atoms with Gasteiger partial charge < -0.3 is 15.3 Å². The average Bonchev–Trinajstić information content (AvgIpc) is 3.26. The van der Waals surface area contributed by atoms with Gasteiger partial charge in [-0.05, 0) is 50.9 Å². The molecule has 3 aliphatic heterocycles. The first kappa shape index (κ1) is 16.4. The summed E-state index contributed by atoms with van der Waals surface area (Å²) in [5.74, 6) is -0.279. The molecule has 6 nitrogen and oxygen atoms in total. The van der Waals surface area contributed by atoms with E-state index < -0.39 is 0 Å². The first-order chi connectivity index (χ1) is 12.1. The zero-order valence-electron chi connectivity index (χ0n) is 14.4. The van der Waals surface area contributed by atoms with Crippen molar-refractivity contribution < 1.29 is 14.7 Å². The Morgan fingerprint density at radius 3 is 2.76 bits per heavy atom. The summed E-state index contributed by atoms with van der Waals surface area (Å²) < 4.78 is 0. The summed E-state index contributed by atoms with van der Waals surface area (Å²) in [7, 11) is 0. The number of benzene rings is 1. The van der Waals surface area contributed by atoms with E-state index in [1.54, 1.807) is 29.2 Å². The van der Waals surface area contributed by atoms with Gasteiger partial charge in [-0.1, -0.05) is 6.07 Å². The molecule has 0 aliphatic carbocycles. The van der Waals surface area contributed by atoms with Gasteiger partial charge in [0, 0.05) is 36.8 Å². The fourth-order valence-corrected chi connectivity index (χ4v) is 4.70. The zero-order chi connectivity index (χ0) is 17.4. The Hall–Kier alpha value is -2.08. The first-order valence-corrected chi connectivity index (χ1v) is 9.20. The Morgan fingerprint density at radius 2 is 2.04 bits per heavy atom. The summed E-state index contributed by atoms with van der Waals surface area (Å²) in [5.41, 5.74) is 0.806. The molecular formula is C19H25N3O3. The van der Waals surface area contributed by atoms with Gasteiger partial charge in [-0.3, -0.25) is 14.5 Å². The molecule has 0 radical (unpaired) electrons. The lowest BCUT2D eigenvalue weighted by Gasteiger charge is -2.32. The van der Waals surface area contributed by atoms with Crippen molar-refractivity contribution in [2.45, 2.75) is 37.6 Å². The van der Waals surface area contributed by atoms with E-state index in [9.17, 15) is 14.7 Å². The Kier molecular flexibility index (Phi) is 4.15. The van der Waals surface area contributed by atoms with E-state index in [0.717, 1.165) is 25.9 Å². The summed E-state index contributed by atoms with van der Waals surface area (Å²) in [6.07, 6.45) is 4.98. The number of fused-ring (bicyclic) bond motifs is 1. The lowest BCUT2D eigenvalue weighted by molar-refractivity contribution is -0.126. The summed E-state index contributed by atoms with van der Waals surface area (Å²) >= 11 is 0. The molecule has 0 saturated carbocycles. The molecule has 25 heavy (non-hydrogen) atoms. The SMILES string of the molecule is O=C(NCC12CCCN1CCC2)C1CC(=O)N(c2cccc(O)c2)C1. The van der Waals surface area contributed by atoms with Crippen LogP contribution >= 0.6 is 0 Å². The van der Waals surface area contributed by atoms with Crippen LogP contribution in [0.2, 0.25) is 0 Å². The van der Waals surface area contributed by atoms with Crippen LogP contribution in [0.15, 0.2) is 24.3 Å². The van der Waals surface area contributed by atoms with Crippen molar-refractivity contribution in [3.05, 3.63) is 24.3 Å². The molecule has 3 heterocycles. The Labute approximate surface area is 147 Å². The normalized spacial score (nSPS) is 25.4. The van der Waals surface area contributed by atoms with E-state index in [1.165, 1.54) is 12.8 Å². The molecule has 1 aromatic rings. The van der Waals surface area contributed by atoms with E-state index in [-0.39, 0.29) is 35.4 Å². The van der Waals surface area contributed by atoms with Gasteiger partial charge >= 0.3 is 0 Å². The Morgan fingerprint density at radius 1 is 1.28 bits per heavy atom. The van der Waals surface area contributed by atoms with Crippen LogP contribution in [0.1, 0.15) is 32.1 Å². The molecule has 2 amide bonds. The number of anilines is 1. The third-order valence-corrected chi connectivity index (χ3v) is 6.04. The highest BCUT2D eigenvalue weighted by Gasteiger charge is 2.45. The number of rotatable bonds is 4. The van der Waals surface area contributed by atoms with Gasteiger partial charge in [0.15, 0.2) is 0 Å². The van der Waals surface area contributed by atoms with E-state index in [2.05, 4.69) is 10.2 Å². The van der Waals surface area contributed by atoms with Crippen LogP contribution < -0.4 is 10.2 Å². The third kappa shape index (κ3) is 2.99. The van der Waals surface area contributed by atoms with Gasteiger partial charge in [-0.15, -0.1) is 0 Å². The molecule has 4 rings (SSSR count). The van der Waals surface area contributed by atoms with Crippen molar-refractivity contribution in [2.24, 2.45) is 5.92 Å². The summed E-state index contributed by atoms with van der Waals surface area (Å²) in [6, 6.07) is 6.62. The molecule has 1 unspecified atom stereocenters.